The first-order valence-electron chi connectivity index (χ1n) is 9.54. The predicted molar refractivity (Wildman–Crippen MR) is 111 cm³/mol. The highest BCUT2D eigenvalue weighted by molar-refractivity contribution is 5.93. The van der Waals surface area contributed by atoms with Crippen molar-refractivity contribution in [3.63, 3.8) is 0 Å². The fourth-order valence-corrected chi connectivity index (χ4v) is 3.67. The number of aromatic nitrogens is 3. The second kappa shape index (κ2) is 7.90. The first-order chi connectivity index (χ1) is 14.4. The summed E-state index contributed by atoms with van der Waals surface area (Å²) in [6.45, 7) is 2.63. The summed E-state index contributed by atoms with van der Waals surface area (Å²) in [6, 6.07) is 9.39. The van der Waals surface area contributed by atoms with Gasteiger partial charge in [0, 0.05) is 24.2 Å². The van der Waals surface area contributed by atoms with Crippen molar-refractivity contribution in [3.05, 3.63) is 52.5 Å². The number of pyridine rings is 1. The van der Waals surface area contributed by atoms with Gasteiger partial charge in [0.05, 0.1) is 22.0 Å². The second-order valence-electron chi connectivity index (χ2n) is 7.21. The number of carboxylic acid groups (broad SMARTS) is 1. The molecule has 0 atom stereocenters. The largest absolute Gasteiger partial charge is 0.481 e. The van der Waals surface area contributed by atoms with E-state index in [1.165, 1.54) is 6.33 Å². The zero-order valence-electron chi connectivity index (χ0n) is 16.3. The maximum absolute atomic E-state index is 11.9. The number of carboxylic acids is 1. The molecular weight excluding hydrogens is 388 g/mol. The third-order valence-corrected chi connectivity index (χ3v) is 5.24. The van der Waals surface area contributed by atoms with Crippen molar-refractivity contribution < 1.29 is 14.8 Å². The van der Waals surface area contributed by atoms with Gasteiger partial charge in [-0.2, -0.15) is 0 Å². The molecule has 1 aromatic carbocycles. The number of fused-ring (bicyclic) bond motifs is 1. The van der Waals surface area contributed by atoms with Crippen LogP contribution in [0, 0.1) is 23.0 Å². The van der Waals surface area contributed by atoms with E-state index in [9.17, 15) is 20.0 Å². The van der Waals surface area contributed by atoms with Gasteiger partial charge in [-0.15, -0.1) is 0 Å². The minimum atomic E-state index is -0.840. The minimum Gasteiger partial charge on any atom is -0.481 e. The number of rotatable bonds is 5. The Balaban J connectivity index is 1.70. The number of hydrogen-bond donors (Lipinski definition) is 2. The van der Waals surface area contributed by atoms with Crippen LogP contribution in [0.3, 0.4) is 0 Å². The summed E-state index contributed by atoms with van der Waals surface area (Å²) in [5.74, 6) is -1.02. The lowest BCUT2D eigenvalue weighted by molar-refractivity contribution is -0.383. The predicted octanol–water partition coefficient (Wildman–Crippen LogP) is 3.29. The van der Waals surface area contributed by atoms with E-state index in [-0.39, 0.29) is 17.3 Å². The Bertz CT molecular complexity index is 1130. The molecule has 0 saturated carbocycles. The number of nitrogens with one attached hydrogen (secondary N) is 1. The summed E-state index contributed by atoms with van der Waals surface area (Å²) >= 11 is 0. The van der Waals surface area contributed by atoms with Gasteiger partial charge in [0.1, 0.15) is 6.33 Å². The summed E-state index contributed by atoms with van der Waals surface area (Å²) in [5, 5.41) is 25.1. The number of benzene rings is 1. The fourth-order valence-electron chi connectivity index (χ4n) is 3.67. The Labute approximate surface area is 171 Å². The van der Waals surface area contributed by atoms with E-state index in [0.717, 1.165) is 11.1 Å². The van der Waals surface area contributed by atoms with Gasteiger partial charge in [0.15, 0.2) is 0 Å². The number of anilines is 3. The molecule has 3 aromatic rings. The van der Waals surface area contributed by atoms with Crippen LogP contribution < -0.4 is 10.2 Å². The van der Waals surface area contributed by atoms with Crippen molar-refractivity contribution in [2.75, 3.05) is 23.3 Å². The number of nitrogens with zero attached hydrogens (tertiary/aromatic N) is 5. The lowest BCUT2D eigenvalue weighted by Gasteiger charge is -2.30. The maximum Gasteiger partial charge on any atom is 0.353 e. The summed E-state index contributed by atoms with van der Waals surface area (Å²) in [7, 11) is 0. The molecule has 2 aromatic heterocycles. The van der Waals surface area contributed by atoms with Gasteiger partial charge in [-0.25, -0.2) is 9.97 Å². The number of hydrogen-bond acceptors (Lipinski definition) is 8. The van der Waals surface area contributed by atoms with Crippen molar-refractivity contribution in [2.45, 2.75) is 19.8 Å². The molecule has 0 unspecified atom stereocenters. The first-order valence-corrected chi connectivity index (χ1v) is 9.54. The number of piperidine rings is 1. The molecule has 4 rings (SSSR count). The van der Waals surface area contributed by atoms with Gasteiger partial charge in [-0.05, 0) is 31.9 Å². The number of aryl methyl sites for hydroxylation is 1. The summed E-state index contributed by atoms with van der Waals surface area (Å²) in [4.78, 5) is 37.1. The monoisotopic (exact) mass is 408 g/mol. The molecule has 1 saturated heterocycles. The second-order valence-corrected chi connectivity index (χ2v) is 7.21. The van der Waals surface area contributed by atoms with E-state index in [0.29, 0.717) is 37.1 Å². The third kappa shape index (κ3) is 3.71. The van der Waals surface area contributed by atoms with Crippen LogP contribution in [0.5, 0.6) is 0 Å². The third-order valence-electron chi connectivity index (χ3n) is 5.24. The Morgan fingerprint density at radius 1 is 1.23 bits per heavy atom. The van der Waals surface area contributed by atoms with Gasteiger partial charge in [0.2, 0.25) is 11.6 Å². The lowest BCUT2D eigenvalue weighted by Crippen LogP contribution is -2.37. The van der Waals surface area contributed by atoms with Crippen LogP contribution in [0.1, 0.15) is 18.5 Å². The summed E-state index contributed by atoms with van der Waals surface area (Å²) < 4.78 is 0. The molecule has 10 heteroatoms. The summed E-state index contributed by atoms with van der Waals surface area (Å²) in [6.07, 6.45) is 2.09. The van der Waals surface area contributed by atoms with Gasteiger partial charge < -0.3 is 15.3 Å². The molecule has 0 bridgehead atoms. The topological polar surface area (TPSA) is 134 Å². The molecule has 30 heavy (non-hydrogen) atoms. The van der Waals surface area contributed by atoms with E-state index in [1.54, 1.807) is 11.0 Å². The lowest BCUT2D eigenvalue weighted by atomic mass is 9.97. The van der Waals surface area contributed by atoms with E-state index in [2.05, 4.69) is 20.3 Å². The molecule has 3 heterocycles. The molecule has 0 spiro atoms. The van der Waals surface area contributed by atoms with Crippen LogP contribution in [0.25, 0.3) is 10.9 Å². The minimum absolute atomic E-state index is 0.0705. The molecule has 1 aliphatic rings. The van der Waals surface area contributed by atoms with E-state index >= 15 is 0 Å². The SMILES string of the molecule is Cc1ccc2cccc(Nc3ncnc(N4CCC(C(=O)O)CC4)c3[N+](=O)[O-])c2n1. The highest BCUT2D eigenvalue weighted by Crippen LogP contribution is 2.36. The highest BCUT2D eigenvalue weighted by atomic mass is 16.6. The van der Waals surface area contributed by atoms with Gasteiger partial charge >= 0.3 is 11.7 Å². The van der Waals surface area contributed by atoms with Gasteiger partial charge in [0.25, 0.3) is 0 Å². The van der Waals surface area contributed by atoms with Crippen LogP contribution in [-0.4, -0.2) is 44.0 Å². The average molecular weight is 408 g/mol. The molecule has 1 aliphatic heterocycles. The van der Waals surface area contributed by atoms with Crippen molar-refractivity contribution in [1.29, 1.82) is 0 Å². The Hall–Kier alpha value is -3.82. The summed E-state index contributed by atoms with van der Waals surface area (Å²) in [5.41, 5.74) is 1.88. The Kier molecular flexibility index (Phi) is 5.13. The molecule has 2 N–H and O–H groups in total. The number of nitro groups is 1. The smallest absolute Gasteiger partial charge is 0.353 e. The van der Waals surface area contributed by atoms with E-state index in [4.69, 9.17) is 0 Å². The van der Waals surface area contributed by atoms with E-state index < -0.39 is 16.8 Å². The molecule has 0 aliphatic carbocycles. The molecule has 1 fully saturated rings. The standard InChI is InChI=1S/C20H20N6O4/c1-12-5-6-13-3-2-4-15(16(13)23-12)24-18-17(26(29)30)19(22-11-21-18)25-9-7-14(8-10-25)20(27)28/h2-6,11,14H,7-10H2,1H3,(H,27,28)(H,21,22,24). The molecule has 0 radical (unpaired) electrons. The van der Waals surface area contributed by atoms with Crippen molar-refractivity contribution in [3.8, 4) is 0 Å². The Morgan fingerprint density at radius 3 is 2.70 bits per heavy atom. The average Bonchev–Trinajstić information content (AvgIpc) is 2.74. The molecular formula is C20H20N6O4. The van der Waals surface area contributed by atoms with Crippen molar-refractivity contribution in [1.82, 2.24) is 15.0 Å². The van der Waals surface area contributed by atoms with Crippen LogP contribution in [0.4, 0.5) is 23.0 Å². The number of aliphatic carboxylic acids is 1. The molecule has 10 nitrogen and oxygen atoms in total. The molecule has 154 valence electrons. The van der Waals surface area contributed by atoms with Crippen LogP contribution in [-0.2, 0) is 4.79 Å². The van der Waals surface area contributed by atoms with Gasteiger partial charge in [-0.1, -0.05) is 18.2 Å². The quantitative estimate of drug-likeness (QED) is 0.481. The first kappa shape index (κ1) is 19.5. The van der Waals surface area contributed by atoms with E-state index in [1.807, 2.05) is 31.2 Å². The van der Waals surface area contributed by atoms with Crippen molar-refractivity contribution in [2.24, 2.45) is 5.92 Å². The zero-order valence-corrected chi connectivity index (χ0v) is 16.3. The van der Waals surface area contributed by atoms with Crippen LogP contribution in [0.2, 0.25) is 0 Å². The number of para-hydroxylation sites is 1. The van der Waals surface area contributed by atoms with Crippen molar-refractivity contribution >= 4 is 39.9 Å². The maximum atomic E-state index is 11.9. The highest BCUT2D eigenvalue weighted by Gasteiger charge is 2.31. The molecule has 0 amide bonds. The van der Waals surface area contributed by atoms with Gasteiger partial charge in [-0.3, -0.25) is 19.9 Å². The van der Waals surface area contributed by atoms with Crippen LogP contribution in [0.15, 0.2) is 36.7 Å². The Morgan fingerprint density at radius 2 is 2.00 bits per heavy atom. The zero-order chi connectivity index (χ0) is 21.3. The van der Waals surface area contributed by atoms with Crippen LogP contribution >= 0.6 is 0 Å². The fraction of sp³-hybridized carbons (Fsp3) is 0.300. The normalized spacial score (nSPS) is 14.6. The number of carbonyl (C=O) groups is 1.